The van der Waals surface area contributed by atoms with Crippen LogP contribution in [0, 0.1) is 0 Å². The lowest BCUT2D eigenvalue weighted by Crippen LogP contribution is -2.41. The van der Waals surface area contributed by atoms with Crippen molar-refractivity contribution in [2.75, 3.05) is 13.1 Å². The van der Waals surface area contributed by atoms with Crippen LogP contribution in [0.25, 0.3) is 0 Å². The van der Waals surface area contributed by atoms with Crippen molar-refractivity contribution in [1.29, 1.82) is 0 Å². The second-order valence-corrected chi connectivity index (χ2v) is 2.09. The van der Waals surface area contributed by atoms with Crippen molar-refractivity contribution in [2.45, 2.75) is 19.8 Å². The number of amides is 1. The molecule has 46 valence electrons. The molecule has 1 aliphatic rings. The third-order valence-corrected chi connectivity index (χ3v) is 1.51. The van der Waals surface area contributed by atoms with Crippen molar-refractivity contribution in [3.05, 3.63) is 0 Å². The highest BCUT2D eigenvalue weighted by atomic mass is 16.2. The van der Waals surface area contributed by atoms with E-state index in [0.29, 0.717) is 12.3 Å². The Morgan fingerprint density at radius 2 is 2.25 bits per heavy atom. The van der Waals surface area contributed by atoms with Crippen molar-refractivity contribution in [3.63, 3.8) is 0 Å². The Bertz CT molecular complexity index is 96.7. The minimum Gasteiger partial charge on any atom is -0.343 e. The Hall–Kier alpha value is -0.530. The van der Waals surface area contributed by atoms with Gasteiger partial charge >= 0.3 is 0 Å². The first kappa shape index (κ1) is 5.60. The molecule has 0 aromatic heterocycles. The highest BCUT2D eigenvalue weighted by Crippen LogP contribution is 2.06. The summed E-state index contributed by atoms with van der Waals surface area (Å²) in [7, 11) is 0. The summed E-state index contributed by atoms with van der Waals surface area (Å²) in [5.74, 6) is 0.302. The molecule has 1 heterocycles. The molecule has 0 radical (unpaired) electrons. The van der Waals surface area contributed by atoms with Crippen LogP contribution >= 0.6 is 0 Å². The number of nitrogens with zero attached hydrogens (tertiary/aromatic N) is 1. The maximum atomic E-state index is 10.7. The number of rotatable bonds is 1. The molecule has 0 unspecified atom stereocenters. The molecular weight excluding hydrogens is 102 g/mol. The summed E-state index contributed by atoms with van der Waals surface area (Å²) in [5, 5.41) is 0. The van der Waals surface area contributed by atoms with Gasteiger partial charge < -0.3 is 4.90 Å². The SMILES string of the molecule is CCC(=O)N1CCC1. The summed E-state index contributed by atoms with van der Waals surface area (Å²) < 4.78 is 0. The largest absolute Gasteiger partial charge is 0.343 e. The van der Waals surface area contributed by atoms with Crippen LogP contribution in [0.2, 0.25) is 0 Å². The Labute approximate surface area is 49.5 Å². The smallest absolute Gasteiger partial charge is 0.222 e. The molecule has 8 heavy (non-hydrogen) atoms. The predicted octanol–water partition coefficient (Wildman–Crippen LogP) is 0.629. The fourth-order valence-corrected chi connectivity index (χ4v) is 0.789. The quantitative estimate of drug-likeness (QED) is 0.488. The lowest BCUT2D eigenvalue weighted by Gasteiger charge is -2.30. The maximum Gasteiger partial charge on any atom is 0.222 e. The zero-order valence-corrected chi connectivity index (χ0v) is 5.18. The molecule has 1 rings (SSSR count). The Morgan fingerprint density at radius 3 is 2.38 bits per heavy atom. The van der Waals surface area contributed by atoms with Crippen molar-refractivity contribution in [3.8, 4) is 0 Å². The Balaban J connectivity index is 2.24. The molecule has 2 nitrogen and oxygen atoms in total. The number of carbonyl (C=O) groups excluding carboxylic acids is 1. The second kappa shape index (κ2) is 2.16. The van der Waals surface area contributed by atoms with Crippen LogP contribution < -0.4 is 0 Å². The average Bonchev–Trinajstić information content (AvgIpc) is 1.62. The third-order valence-electron chi connectivity index (χ3n) is 1.51. The molecule has 0 spiro atoms. The van der Waals surface area contributed by atoms with E-state index in [2.05, 4.69) is 0 Å². The first-order valence-electron chi connectivity index (χ1n) is 3.12. The number of likely N-dealkylation sites (tertiary alicyclic amines) is 1. The molecule has 0 aromatic carbocycles. The lowest BCUT2D eigenvalue weighted by molar-refractivity contribution is -0.134. The average molecular weight is 113 g/mol. The van der Waals surface area contributed by atoms with E-state index >= 15 is 0 Å². The summed E-state index contributed by atoms with van der Waals surface area (Å²) in [6.45, 7) is 3.89. The summed E-state index contributed by atoms with van der Waals surface area (Å²) in [5.41, 5.74) is 0. The standard InChI is InChI=1S/C6H11NO/c1-2-6(8)7-4-3-5-7/h2-5H2,1H3. The van der Waals surface area contributed by atoms with Crippen molar-refractivity contribution < 1.29 is 4.79 Å². The molecular formula is C6H11NO. The number of carbonyl (C=O) groups is 1. The van der Waals surface area contributed by atoms with Gasteiger partial charge in [0.2, 0.25) is 5.91 Å². The van der Waals surface area contributed by atoms with Crippen LogP contribution in [0.3, 0.4) is 0 Å². The third kappa shape index (κ3) is 0.831. The van der Waals surface area contributed by atoms with E-state index in [-0.39, 0.29) is 0 Å². The topological polar surface area (TPSA) is 20.3 Å². The first-order chi connectivity index (χ1) is 3.84. The monoisotopic (exact) mass is 113 g/mol. The minimum absolute atomic E-state index is 0.302. The zero-order chi connectivity index (χ0) is 5.98. The van der Waals surface area contributed by atoms with E-state index in [1.165, 1.54) is 6.42 Å². The first-order valence-corrected chi connectivity index (χ1v) is 3.12. The van der Waals surface area contributed by atoms with Crippen LogP contribution in [-0.2, 0) is 4.79 Å². The molecule has 1 saturated heterocycles. The second-order valence-electron chi connectivity index (χ2n) is 2.09. The summed E-state index contributed by atoms with van der Waals surface area (Å²) in [6.07, 6.45) is 1.87. The van der Waals surface area contributed by atoms with Crippen molar-refractivity contribution >= 4 is 5.91 Å². The Kier molecular flexibility index (Phi) is 1.51. The molecule has 2 heteroatoms. The number of hydrogen-bond donors (Lipinski definition) is 0. The molecule has 1 fully saturated rings. The van der Waals surface area contributed by atoms with Crippen LogP contribution in [0.5, 0.6) is 0 Å². The van der Waals surface area contributed by atoms with Gasteiger partial charge in [0.15, 0.2) is 0 Å². The van der Waals surface area contributed by atoms with Crippen LogP contribution in [-0.4, -0.2) is 23.9 Å². The van der Waals surface area contributed by atoms with Crippen molar-refractivity contribution in [2.24, 2.45) is 0 Å². The van der Waals surface area contributed by atoms with Crippen molar-refractivity contribution in [1.82, 2.24) is 4.90 Å². The van der Waals surface area contributed by atoms with E-state index in [1.807, 2.05) is 11.8 Å². The predicted molar refractivity (Wildman–Crippen MR) is 31.5 cm³/mol. The molecule has 0 aromatic rings. The molecule has 0 bridgehead atoms. The van der Waals surface area contributed by atoms with Crippen LogP contribution in [0.1, 0.15) is 19.8 Å². The summed E-state index contributed by atoms with van der Waals surface area (Å²) in [6, 6.07) is 0. The van der Waals surface area contributed by atoms with Gasteiger partial charge in [-0.2, -0.15) is 0 Å². The number of hydrogen-bond acceptors (Lipinski definition) is 1. The van der Waals surface area contributed by atoms with E-state index in [0.717, 1.165) is 13.1 Å². The van der Waals surface area contributed by atoms with Gasteiger partial charge in [0, 0.05) is 19.5 Å². The molecule has 0 saturated carbocycles. The minimum atomic E-state index is 0.302. The van der Waals surface area contributed by atoms with Gasteiger partial charge in [0.05, 0.1) is 0 Å². The van der Waals surface area contributed by atoms with E-state index in [4.69, 9.17) is 0 Å². The van der Waals surface area contributed by atoms with Gasteiger partial charge in [0.1, 0.15) is 0 Å². The molecule has 1 aliphatic heterocycles. The normalized spacial score (nSPS) is 17.9. The lowest BCUT2D eigenvalue weighted by atomic mass is 10.2. The molecule has 0 aliphatic carbocycles. The summed E-state index contributed by atoms with van der Waals surface area (Å²) in [4.78, 5) is 12.6. The van der Waals surface area contributed by atoms with Crippen LogP contribution in [0.15, 0.2) is 0 Å². The molecule has 0 atom stereocenters. The van der Waals surface area contributed by atoms with Gasteiger partial charge in [-0.25, -0.2) is 0 Å². The molecule has 0 N–H and O–H groups in total. The fraction of sp³-hybridized carbons (Fsp3) is 0.833. The van der Waals surface area contributed by atoms with Gasteiger partial charge in [-0.15, -0.1) is 0 Å². The van der Waals surface area contributed by atoms with Crippen LogP contribution in [0.4, 0.5) is 0 Å². The maximum absolute atomic E-state index is 10.7. The van der Waals surface area contributed by atoms with E-state index in [1.54, 1.807) is 0 Å². The van der Waals surface area contributed by atoms with Gasteiger partial charge in [-0.05, 0) is 6.42 Å². The fourth-order valence-electron chi connectivity index (χ4n) is 0.789. The van der Waals surface area contributed by atoms with Gasteiger partial charge in [-0.3, -0.25) is 4.79 Å². The zero-order valence-electron chi connectivity index (χ0n) is 5.18. The highest BCUT2D eigenvalue weighted by Gasteiger charge is 2.17. The molecule has 1 amide bonds. The van der Waals surface area contributed by atoms with E-state index in [9.17, 15) is 4.79 Å². The van der Waals surface area contributed by atoms with Gasteiger partial charge in [-0.1, -0.05) is 6.92 Å². The highest BCUT2D eigenvalue weighted by molar-refractivity contribution is 5.76. The Morgan fingerprint density at radius 1 is 1.62 bits per heavy atom. The van der Waals surface area contributed by atoms with E-state index < -0.39 is 0 Å². The summed E-state index contributed by atoms with van der Waals surface area (Å²) >= 11 is 0. The van der Waals surface area contributed by atoms with Gasteiger partial charge in [0.25, 0.3) is 0 Å².